The van der Waals surface area contributed by atoms with E-state index in [0.717, 1.165) is 3.79 Å². The molecule has 0 bridgehead atoms. The SMILES string of the molecule is CC(C)(C)CC(=O)NNC(=O)c1ccc(Br)s1. The average Bonchev–Trinajstić information content (AvgIpc) is 2.58. The van der Waals surface area contributed by atoms with E-state index in [2.05, 4.69) is 26.8 Å². The number of carbonyl (C=O) groups is 2. The Bertz CT molecular complexity index is 423. The summed E-state index contributed by atoms with van der Waals surface area (Å²) in [5.41, 5.74) is 4.69. The van der Waals surface area contributed by atoms with E-state index in [1.165, 1.54) is 11.3 Å². The summed E-state index contributed by atoms with van der Waals surface area (Å²) in [4.78, 5) is 23.6. The fourth-order valence-electron chi connectivity index (χ4n) is 1.15. The summed E-state index contributed by atoms with van der Waals surface area (Å²) in [6, 6.07) is 3.48. The number of thiophene rings is 1. The Kier molecular flexibility index (Phi) is 4.70. The number of amides is 2. The first-order chi connectivity index (χ1) is 7.78. The Balaban J connectivity index is 2.41. The zero-order valence-corrected chi connectivity index (χ0v) is 12.4. The second kappa shape index (κ2) is 5.64. The van der Waals surface area contributed by atoms with Gasteiger partial charge >= 0.3 is 0 Å². The Morgan fingerprint density at radius 3 is 2.41 bits per heavy atom. The van der Waals surface area contributed by atoms with Crippen LogP contribution in [0, 0.1) is 5.41 Å². The molecule has 0 spiro atoms. The van der Waals surface area contributed by atoms with E-state index in [9.17, 15) is 9.59 Å². The van der Waals surface area contributed by atoms with Crippen molar-refractivity contribution in [2.45, 2.75) is 27.2 Å². The molecule has 94 valence electrons. The smallest absolute Gasteiger partial charge is 0.273 e. The van der Waals surface area contributed by atoms with Crippen LogP contribution in [0.4, 0.5) is 0 Å². The van der Waals surface area contributed by atoms with Crippen molar-refractivity contribution < 1.29 is 9.59 Å². The van der Waals surface area contributed by atoms with Gasteiger partial charge in [0, 0.05) is 6.42 Å². The average molecular weight is 319 g/mol. The number of halogens is 1. The molecule has 17 heavy (non-hydrogen) atoms. The molecule has 4 nitrogen and oxygen atoms in total. The van der Waals surface area contributed by atoms with Crippen molar-refractivity contribution in [3.05, 3.63) is 20.8 Å². The third-order valence-electron chi connectivity index (χ3n) is 1.80. The van der Waals surface area contributed by atoms with Crippen molar-refractivity contribution in [1.29, 1.82) is 0 Å². The van der Waals surface area contributed by atoms with Crippen molar-refractivity contribution in [2.24, 2.45) is 5.41 Å². The quantitative estimate of drug-likeness (QED) is 0.824. The van der Waals surface area contributed by atoms with Crippen LogP contribution in [0.1, 0.15) is 36.9 Å². The summed E-state index contributed by atoms with van der Waals surface area (Å²) in [6.07, 6.45) is 0.363. The van der Waals surface area contributed by atoms with Crippen LogP contribution in [0.15, 0.2) is 15.9 Å². The number of nitrogens with one attached hydrogen (secondary N) is 2. The Labute approximate surface area is 113 Å². The Morgan fingerprint density at radius 1 is 1.29 bits per heavy atom. The molecule has 0 aromatic carbocycles. The molecule has 1 rings (SSSR count). The van der Waals surface area contributed by atoms with Gasteiger partial charge in [-0.25, -0.2) is 0 Å². The van der Waals surface area contributed by atoms with Gasteiger partial charge in [-0.05, 0) is 33.5 Å². The van der Waals surface area contributed by atoms with E-state index in [1.54, 1.807) is 12.1 Å². The number of carbonyl (C=O) groups excluding carboxylic acids is 2. The Morgan fingerprint density at radius 2 is 1.94 bits per heavy atom. The van der Waals surface area contributed by atoms with E-state index in [1.807, 2.05) is 20.8 Å². The summed E-state index contributed by atoms with van der Waals surface area (Å²) in [6.45, 7) is 5.89. The van der Waals surface area contributed by atoms with Crippen LogP contribution >= 0.6 is 27.3 Å². The molecule has 0 aliphatic carbocycles. The van der Waals surface area contributed by atoms with Crippen LogP contribution in [0.5, 0.6) is 0 Å². The van der Waals surface area contributed by atoms with Gasteiger partial charge in [-0.3, -0.25) is 20.4 Å². The molecule has 2 N–H and O–H groups in total. The van der Waals surface area contributed by atoms with Gasteiger partial charge < -0.3 is 0 Å². The molecule has 0 saturated carbocycles. The predicted molar refractivity (Wildman–Crippen MR) is 71.7 cm³/mol. The molecule has 0 atom stereocenters. The van der Waals surface area contributed by atoms with Crippen LogP contribution in [-0.2, 0) is 4.79 Å². The highest BCUT2D eigenvalue weighted by Gasteiger charge is 2.16. The molecule has 0 radical (unpaired) electrons. The highest BCUT2D eigenvalue weighted by molar-refractivity contribution is 9.11. The third-order valence-corrected chi connectivity index (χ3v) is 3.43. The molecular formula is C11H15BrN2O2S. The topological polar surface area (TPSA) is 58.2 Å². The lowest BCUT2D eigenvalue weighted by Gasteiger charge is -2.17. The lowest BCUT2D eigenvalue weighted by molar-refractivity contribution is -0.123. The van der Waals surface area contributed by atoms with E-state index in [4.69, 9.17) is 0 Å². The Hall–Kier alpha value is -0.880. The highest BCUT2D eigenvalue weighted by Crippen LogP contribution is 2.21. The van der Waals surface area contributed by atoms with E-state index < -0.39 is 0 Å². The van der Waals surface area contributed by atoms with Crippen LogP contribution in [0.3, 0.4) is 0 Å². The monoisotopic (exact) mass is 318 g/mol. The van der Waals surface area contributed by atoms with Crippen LogP contribution in [0.25, 0.3) is 0 Å². The minimum Gasteiger partial charge on any atom is -0.273 e. The highest BCUT2D eigenvalue weighted by atomic mass is 79.9. The van der Waals surface area contributed by atoms with Gasteiger partial charge in [0.2, 0.25) is 5.91 Å². The van der Waals surface area contributed by atoms with E-state index in [-0.39, 0.29) is 17.2 Å². The predicted octanol–water partition coefficient (Wildman–Crippen LogP) is 2.71. The van der Waals surface area contributed by atoms with Gasteiger partial charge in [0.1, 0.15) is 0 Å². The maximum absolute atomic E-state index is 11.6. The van der Waals surface area contributed by atoms with Gasteiger partial charge in [-0.15, -0.1) is 11.3 Å². The second-order valence-corrected chi connectivity index (χ2v) is 7.31. The molecule has 1 heterocycles. The largest absolute Gasteiger partial charge is 0.279 e. The van der Waals surface area contributed by atoms with Crippen molar-refractivity contribution in [2.75, 3.05) is 0 Å². The minimum atomic E-state index is -0.303. The summed E-state index contributed by atoms with van der Waals surface area (Å²) >= 11 is 4.59. The normalized spacial score (nSPS) is 11.1. The van der Waals surface area contributed by atoms with Gasteiger partial charge in [-0.2, -0.15) is 0 Å². The van der Waals surface area contributed by atoms with Crippen molar-refractivity contribution >= 4 is 39.1 Å². The number of rotatable bonds is 2. The van der Waals surface area contributed by atoms with E-state index >= 15 is 0 Å². The van der Waals surface area contributed by atoms with Gasteiger partial charge in [-0.1, -0.05) is 20.8 Å². The second-order valence-electron chi connectivity index (χ2n) is 4.84. The molecular weight excluding hydrogens is 304 g/mol. The third kappa shape index (κ3) is 5.32. The molecule has 0 aliphatic heterocycles. The van der Waals surface area contributed by atoms with Crippen LogP contribution in [-0.4, -0.2) is 11.8 Å². The van der Waals surface area contributed by atoms with Crippen LogP contribution in [0.2, 0.25) is 0 Å². The molecule has 1 aromatic rings. The standard InChI is InChI=1S/C11H15BrN2O2S/c1-11(2,3)6-9(15)13-14-10(16)7-4-5-8(12)17-7/h4-5H,6H2,1-3H3,(H,13,15)(H,14,16). The summed E-state index contributed by atoms with van der Waals surface area (Å²) < 4.78 is 0.878. The summed E-state index contributed by atoms with van der Waals surface area (Å²) in [5, 5.41) is 0. The minimum absolute atomic E-state index is 0.0965. The number of hydrogen-bond acceptors (Lipinski definition) is 3. The van der Waals surface area contributed by atoms with Crippen molar-refractivity contribution in [3.8, 4) is 0 Å². The summed E-state index contributed by atoms with van der Waals surface area (Å²) in [7, 11) is 0. The molecule has 0 aliphatic rings. The number of hydrazine groups is 1. The fraction of sp³-hybridized carbons (Fsp3) is 0.455. The fourth-order valence-corrected chi connectivity index (χ4v) is 2.43. The van der Waals surface area contributed by atoms with Gasteiger partial charge in [0.05, 0.1) is 8.66 Å². The first-order valence-electron chi connectivity index (χ1n) is 5.12. The molecule has 0 saturated heterocycles. The first kappa shape index (κ1) is 14.2. The maximum atomic E-state index is 11.6. The molecule has 2 amide bonds. The zero-order chi connectivity index (χ0) is 13.1. The van der Waals surface area contributed by atoms with E-state index in [0.29, 0.717) is 11.3 Å². The lowest BCUT2D eigenvalue weighted by Crippen LogP contribution is -2.42. The van der Waals surface area contributed by atoms with Crippen molar-refractivity contribution in [3.63, 3.8) is 0 Å². The molecule has 0 unspecified atom stereocenters. The number of hydrogen-bond donors (Lipinski definition) is 2. The summed E-state index contributed by atoms with van der Waals surface area (Å²) in [5.74, 6) is -0.496. The molecule has 1 aromatic heterocycles. The molecule has 0 fully saturated rings. The van der Waals surface area contributed by atoms with Gasteiger partial charge in [0.15, 0.2) is 0 Å². The van der Waals surface area contributed by atoms with Gasteiger partial charge in [0.25, 0.3) is 5.91 Å². The maximum Gasteiger partial charge on any atom is 0.279 e. The van der Waals surface area contributed by atoms with Crippen molar-refractivity contribution in [1.82, 2.24) is 10.9 Å². The zero-order valence-electron chi connectivity index (χ0n) is 9.96. The van der Waals surface area contributed by atoms with Crippen LogP contribution < -0.4 is 10.9 Å². The molecule has 6 heteroatoms. The lowest BCUT2D eigenvalue weighted by atomic mass is 9.92. The first-order valence-corrected chi connectivity index (χ1v) is 6.73.